The van der Waals surface area contributed by atoms with Crippen molar-refractivity contribution in [2.24, 2.45) is 0 Å². The number of nitrogens with zero attached hydrogens (tertiary/aromatic N) is 2. The van der Waals surface area contributed by atoms with Crippen molar-refractivity contribution in [2.45, 2.75) is 24.9 Å². The minimum atomic E-state index is -0.317. The third-order valence-electron chi connectivity index (χ3n) is 4.16. The van der Waals surface area contributed by atoms with Gasteiger partial charge < -0.3 is 9.47 Å². The van der Waals surface area contributed by atoms with Crippen molar-refractivity contribution < 1.29 is 14.3 Å². The van der Waals surface area contributed by atoms with Crippen molar-refractivity contribution in [2.75, 3.05) is 19.5 Å². The highest BCUT2D eigenvalue weighted by atomic mass is 32.2. The van der Waals surface area contributed by atoms with Gasteiger partial charge in [-0.05, 0) is 42.8 Å². The standard InChI is InChI=1S/C21H22N2O4S/c1-3-4-13-27-19(24)14-28-21-22-18-8-6-5-7-17(18)20(25)23(21)15-9-11-16(26-2)12-10-15/h5-12H,3-4,13-14H2,1-2H3. The Morgan fingerprint density at radius 3 is 2.61 bits per heavy atom. The molecule has 0 unspecified atom stereocenters. The van der Waals surface area contributed by atoms with E-state index in [-0.39, 0.29) is 17.3 Å². The van der Waals surface area contributed by atoms with Crippen LogP contribution in [0.3, 0.4) is 0 Å². The van der Waals surface area contributed by atoms with Crippen LogP contribution in [0.4, 0.5) is 0 Å². The van der Waals surface area contributed by atoms with Crippen LogP contribution in [0.15, 0.2) is 58.5 Å². The van der Waals surface area contributed by atoms with Crippen LogP contribution in [0.2, 0.25) is 0 Å². The molecule has 7 heteroatoms. The number of aromatic nitrogens is 2. The Kier molecular flexibility index (Phi) is 6.71. The van der Waals surface area contributed by atoms with Crippen LogP contribution in [0, 0.1) is 0 Å². The molecule has 0 atom stereocenters. The molecule has 0 saturated heterocycles. The van der Waals surface area contributed by atoms with Gasteiger partial charge in [-0.15, -0.1) is 0 Å². The van der Waals surface area contributed by atoms with Crippen molar-refractivity contribution in [3.8, 4) is 11.4 Å². The van der Waals surface area contributed by atoms with Crippen LogP contribution in [0.25, 0.3) is 16.6 Å². The van der Waals surface area contributed by atoms with Crippen molar-refractivity contribution in [3.63, 3.8) is 0 Å². The van der Waals surface area contributed by atoms with Gasteiger partial charge >= 0.3 is 5.97 Å². The molecule has 0 radical (unpaired) electrons. The molecule has 3 rings (SSSR count). The number of para-hydroxylation sites is 1. The number of methoxy groups -OCH3 is 1. The molecule has 3 aromatic rings. The van der Waals surface area contributed by atoms with Gasteiger partial charge in [0.05, 0.1) is 36.1 Å². The summed E-state index contributed by atoms with van der Waals surface area (Å²) in [5.74, 6) is 0.464. The van der Waals surface area contributed by atoms with Crippen LogP contribution in [0.1, 0.15) is 19.8 Å². The summed E-state index contributed by atoms with van der Waals surface area (Å²) in [6.07, 6.45) is 1.80. The van der Waals surface area contributed by atoms with Gasteiger partial charge in [0, 0.05) is 0 Å². The number of thioether (sulfide) groups is 1. The van der Waals surface area contributed by atoms with Crippen LogP contribution in [-0.4, -0.2) is 35.0 Å². The molecule has 0 N–H and O–H groups in total. The van der Waals surface area contributed by atoms with E-state index in [1.165, 1.54) is 16.3 Å². The summed E-state index contributed by atoms with van der Waals surface area (Å²) in [7, 11) is 1.59. The second-order valence-corrected chi connectivity index (χ2v) is 7.06. The fourth-order valence-electron chi connectivity index (χ4n) is 2.66. The summed E-state index contributed by atoms with van der Waals surface area (Å²) < 4.78 is 11.9. The zero-order valence-electron chi connectivity index (χ0n) is 15.9. The fourth-order valence-corrected chi connectivity index (χ4v) is 3.47. The molecule has 1 heterocycles. The van der Waals surface area contributed by atoms with E-state index in [1.54, 1.807) is 43.5 Å². The van der Waals surface area contributed by atoms with Crippen LogP contribution in [0.5, 0.6) is 5.75 Å². The first-order valence-corrected chi connectivity index (χ1v) is 10.1. The van der Waals surface area contributed by atoms with Gasteiger partial charge in [-0.1, -0.05) is 37.2 Å². The lowest BCUT2D eigenvalue weighted by Crippen LogP contribution is -2.22. The van der Waals surface area contributed by atoms with E-state index in [1.807, 2.05) is 19.1 Å². The lowest BCUT2D eigenvalue weighted by Gasteiger charge is -2.13. The second kappa shape index (κ2) is 9.41. The zero-order valence-corrected chi connectivity index (χ0v) is 16.7. The quantitative estimate of drug-likeness (QED) is 0.249. The molecular weight excluding hydrogens is 376 g/mol. The molecule has 0 bridgehead atoms. The molecule has 0 fully saturated rings. The van der Waals surface area contributed by atoms with Crippen molar-refractivity contribution in [3.05, 3.63) is 58.9 Å². The number of carbonyl (C=O) groups excluding carboxylic acids is 1. The first kappa shape index (κ1) is 19.9. The van der Waals surface area contributed by atoms with E-state index in [4.69, 9.17) is 9.47 Å². The number of rotatable bonds is 8. The smallest absolute Gasteiger partial charge is 0.316 e. The Labute approximate surface area is 167 Å². The third kappa shape index (κ3) is 4.54. The highest BCUT2D eigenvalue weighted by Crippen LogP contribution is 2.23. The van der Waals surface area contributed by atoms with Crippen molar-refractivity contribution in [1.29, 1.82) is 0 Å². The monoisotopic (exact) mass is 398 g/mol. The second-order valence-electron chi connectivity index (χ2n) is 6.11. The molecule has 0 aliphatic rings. The molecule has 6 nitrogen and oxygen atoms in total. The number of carbonyl (C=O) groups is 1. The molecule has 0 aliphatic heterocycles. The maximum atomic E-state index is 13.1. The summed E-state index contributed by atoms with van der Waals surface area (Å²) in [6, 6.07) is 14.3. The average Bonchev–Trinajstić information content (AvgIpc) is 2.73. The summed E-state index contributed by atoms with van der Waals surface area (Å²) >= 11 is 1.19. The highest BCUT2D eigenvalue weighted by Gasteiger charge is 2.15. The third-order valence-corrected chi connectivity index (χ3v) is 5.07. The number of hydrogen-bond acceptors (Lipinski definition) is 6. The van der Waals surface area contributed by atoms with Crippen LogP contribution >= 0.6 is 11.8 Å². The van der Waals surface area contributed by atoms with E-state index < -0.39 is 0 Å². The van der Waals surface area contributed by atoms with E-state index in [2.05, 4.69) is 4.98 Å². The molecule has 0 aliphatic carbocycles. The maximum absolute atomic E-state index is 13.1. The molecule has 0 saturated carbocycles. The minimum Gasteiger partial charge on any atom is -0.497 e. The lowest BCUT2D eigenvalue weighted by molar-refractivity contribution is -0.140. The SMILES string of the molecule is CCCCOC(=O)CSc1nc2ccccc2c(=O)n1-c1ccc(OC)cc1. The predicted octanol–water partition coefficient (Wildman–Crippen LogP) is 3.83. The molecule has 0 amide bonds. The van der Waals surface area contributed by atoms with Gasteiger partial charge in [0.15, 0.2) is 5.16 Å². The molecule has 146 valence electrons. The Bertz CT molecular complexity index is 1020. The zero-order chi connectivity index (χ0) is 19.9. The van der Waals surface area contributed by atoms with Crippen LogP contribution < -0.4 is 10.3 Å². The summed E-state index contributed by atoms with van der Waals surface area (Å²) in [5.41, 5.74) is 1.07. The average molecular weight is 398 g/mol. The first-order chi connectivity index (χ1) is 13.6. The number of fused-ring (bicyclic) bond motifs is 1. The van der Waals surface area contributed by atoms with Crippen molar-refractivity contribution in [1.82, 2.24) is 9.55 Å². The molecule has 1 aromatic heterocycles. The number of ether oxygens (including phenoxy) is 2. The van der Waals surface area contributed by atoms with E-state index in [0.717, 1.165) is 12.8 Å². The lowest BCUT2D eigenvalue weighted by atomic mass is 10.2. The van der Waals surface area contributed by atoms with E-state index >= 15 is 0 Å². The van der Waals surface area contributed by atoms with E-state index in [9.17, 15) is 9.59 Å². The number of benzene rings is 2. The van der Waals surface area contributed by atoms with E-state index in [0.29, 0.717) is 34.1 Å². The topological polar surface area (TPSA) is 70.4 Å². The summed E-state index contributed by atoms with van der Waals surface area (Å²) in [5, 5.41) is 0.967. The van der Waals surface area contributed by atoms with Gasteiger partial charge in [-0.25, -0.2) is 4.98 Å². The largest absolute Gasteiger partial charge is 0.497 e. The minimum absolute atomic E-state index is 0.0879. The van der Waals surface area contributed by atoms with Gasteiger partial charge in [-0.3, -0.25) is 14.2 Å². The number of esters is 1. The Hall–Kier alpha value is -2.80. The molecule has 2 aromatic carbocycles. The Morgan fingerprint density at radius 1 is 1.14 bits per heavy atom. The molecule has 0 spiro atoms. The fraction of sp³-hybridized carbons (Fsp3) is 0.286. The van der Waals surface area contributed by atoms with Gasteiger partial charge in [0.25, 0.3) is 5.56 Å². The van der Waals surface area contributed by atoms with Crippen LogP contribution in [-0.2, 0) is 9.53 Å². The Balaban J connectivity index is 1.97. The first-order valence-electron chi connectivity index (χ1n) is 9.08. The normalized spacial score (nSPS) is 10.8. The van der Waals surface area contributed by atoms with Gasteiger partial charge in [0.2, 0.25) is 0 Å². The summed E-state index contributed by atoms with van der Waals surface area (Å²) in [4.78, 5) is 29.7. The van der Waals surface area contributed by atoms with Crippen molar-refractivity contribution >= 4 is 28.6 Å². The van der Waals surface area contributed by atoms with Gasteiger partial charge in [0.1, 0.15) is 5.75 Å². The van der Waals surface area contributed by atoms with Gasteiger partial charge in [-0.2, -0.15) is 0 Å². The summed E-state index contributed by atoms with van der Waals surface area (Å²) in [6.45, 7) is 2.45. The predicted molar refractivity (Wildman–Crippen MR) is 110 cm³/mol. The Morgan fingerprint density at radius 2 is 1.89 bits per heavy atom. The number of unbranched alkanes of at least 4 members (excludes halogenated alkanes) is 1. The number of hydrogen-bond donors (Lipinski definition) is 0. The molecule has 28 heavy (non-hydrogen) atoms. The maximum Gasteiger partial charge on any atom is 0.316 e. The molecular formula is C21H22N2O4S. The highest BCUT2D eigenvalue weighted by molar-refractivity contribution is 7.99.